The number of hydrogen-bond donors (Lipinski definition) is 2. The summed E-state index contributed by atoms with van der Waals surface area (Å²) in [5, 5.41) is 18.3. The van der Waals surface area contributed by atoms with Crippen LogP contribution in [0.5, 0.6) is 0 Å². The molecule has 58 heavy (non-hydrogen) atoms. The summed E-state index contributed by atoms with van der Waals surface area (Å²) >= 11 is 0. The van der Waals surface area contributed by atoms with Crippen molar-refractivity contribution in [3.8, 4) is 0 Å². The Hall–Kier alpha value is -0.480. The maximum Gasteiger partial charge on any atom is 0.146 e. The molecular weight excluding hydrogens is 744 g/mol. The van der Waals surface area contributed by atoms with Crippen molar-refractivity contribution in [3.63, 3.8) is 0 Å². The zero-order chi connectivity index (χ0) is 41.7. The first kappa shape index (κ1) is 53.7. The molecule has 2 aliphatic heterocycles. The fourth-order valence-electron chi connectivity index (χ4n) is 8.68. The smallest absolute Gasteiger partial charge is 0.146 e. The lowest BCUT2D eigenvalue weighted by molar-refractivity contribution is -0.158. The lowest BCUT2D eigenvalue weighted by Crippen LogP contribution is -2.35. The molecule has 0 spiro atoms. The van der Waals surface area contributed by atoms with Gasteiger partial charge in [0.1, 0.15) is 27.2 Å². The molecular formula is C46H90O12. The Kier molecular flexibility index (Phi) is 35.4. The van der Waals surface area contributed by atoms with E-state index in [1.807, 2.05) is 0 Å². The normalized spacial score (nSPS) is 21.8. The number of unbranched alkanes of at least 4 members (excludes halogenated alkanes) is 14. The van der Waals surface area contributed by atoms with Gasteiger partial charge >= 0.3 is 0 Å². The molecule has 0 unspecified atom stereocenters. The molecule has 0 aromatic carbocycles. The second kappa shape index (κ2) is 38.2. The van der Waals surface area contributed by atoms with Crippen LogP contribution in [0.4, 0.5) is 0 Å². The molecule has 8 atom stereocenters. The SMILES string of the molecule is COCO[C@@H](CCCO)CCCCCCCCCC[C@@H](OCOC)[C@H]1CC[C@H]([C@H]2CC[C@H]([C@@H](CCCCCCCCCC[C@H](CCCO)OCOC)OCOC)O2)O1. The van der Waals surface area contributed by atoms with Crippen molar-refractivity contribution in [3.05, 3.63) is 0 Å². The van der Waals surface area contributed by atoms with Gasteiger partial charge in [0, 0.05) is 41.7 Å². The lowest BCUT2D eigenvalue weighted by atomic mass is 10.00. The standard InChI is InChI=1S/C46H90O12/c1-49-35-53-39(25-21-33-47)23-17-13-9-5-7-11-15-19-27-41(55-37-51-3)43-29-31-45(57-43)46-32-30-44(58-46)42(56-38-52-4)28-20-16-12-8-6-10-14-18-24-40(26-22-34-48)54-36-50-2/h39-48H,5-38H2,1-4H3/t39-,40-,41-,42-,43-,44-,45-,46-/m1/s1. The molecule has 0 aliphatic carbocycles. The number of rotatable bonds is 43. The number of aliphatic hydroxyl groups excluding tert-OH is 2. The van der Waals surface area contributed by atoms with Crippen molar-refractivity contribution in [2.45, 2.75) is 229 Å². The molecule has 2 saturated heterocycles. The average Bonchev–Trinajstić information content (AvgIpc) is 3.94. The molecule has 0 saturated carbocycles. The number of aliphatic hydroxyl groups is 2. The molecule has 0 aromatic heterocycles. The van der Waals surface area contributed by atoms with E-state index in [9.17, 15) is 0 Å². The lowest BCUT2D eigenvalue weighted by Gasteiger charge is -2.27. The first-order valence-corrected chi connectivity index (χ1v) is 23.5. The minimum atomic E-state index is 0.0504. The van der Waals surface area contributed by atoms with E-state index in [-0.39, 0.29) is 62.0 Å². The van der Waals surface area contributed by atoms with Gasteiger partial charge < -0.3 is 57.6 Å². The van der Waals surface area contributed by atoms with Gasteiger partial charge in [-0.2, -0.15) is 0 Å². The third-order valence-corrected chi connectivity index (χ3v) is 12.0. The van der Waals surface area contributed by atoms with E-state index in [0.29, 0.717) is 27.2 Å². The van der Waals surface area contributed by atoms with Gasteiger partial charge in [0.2, 0.25) is 0 Å². The van der Waals surface area contributed by atoms with Gasteiger partial charge in [-0.25, -0.2) is 0 Å². The van der Waals surface area contributed by atoms with E-state index in [0.717, 1.165) is 89.9 Å². The summed E-state index contributed by atoms with van der Waals surface area (Å²) in [5.41, 5.74) is 0. The van der Waals surface area contributed by atoms with Crippen molar-refractivity contribution in [1.29, 1.82) is 0 Å². The van der Waals surface area contributed by atoms with E-state index in [1.165, 1.54) is 89.9 Å². The monoisotopic (exact) mass is 835 g/mol. The molecule has 2 heterocycles. The van der Waals surface area contributed by atoms with Crippen LogP contribution in [-0.4, -0.2) is 128 Å². The van der Waals surface area contributed by atoms with E-state index < -0.39 is 0 Å². The Morgan fingerprint density at radius 2 is 0.672 bits per heavy atom. The number of methoxy groups -OCH3 is 4. The van der Waals surface area contributed by atoms with Crippen LogP contribution in [0.2, 0.25) is 0 Å². The Bertz CT molecular complexity index is 787. The summed E-state index contributed by atoms with van der Waals surface area (Å²) < 4.78 is 58.0. The first-order valence-electron chi connectivity index (χ1n) is 23.5. The van der Waals surface area contributed by atoms with Gasteiger partial charge in [0.25, 0.3) is 0 Å². The molecule has 0 aromatic rings. The van der Waals surface area contributed by atoms with Gasteiger partial charge in [0.15, 0.2) is 0 Å². The van der Waals surface area contributed by atoms with Crippen molar-refractivity contribution < 1.29 is 57.6 Å². The van der Waals surface area contributed by atoms with Gasteiger partial charge in [0.05, 0.1) is 48.8 Å². The largest absolute Gasteiger partial charge is 0.396 e. The highest BCUT2D eigenvalue weighted by Crippen LogP contribution is 2.36. The Morgan fingerprint density at radius 3 is 1.00 bits per heavy atom. The molecule has 0 bridgehead atoms. The van der Waals surface area contributed by atoms with Crippen LogP contribution >= 0.6 is 0 Å². The van der Waals surface area contributed by atoms with Crippen LogP contribution in [0, 0.1) is 0 Å². The topological polar surface area (TPSA) is 133 Å². The summed E-state index contributed by atoms with van der Waals surface area (Å²) in [5.74, 6) is 0. The summed E-state index contributed by atoms with van der Waals surface area (Å²) in [6.07, 6.45) is 32.0. The third-order valence-electron chi connectivity index (χ3n) is 12.0. The van der Waals surface area contributed by atoms with Crippen molar-refractivity contribution in [2.75, 3.05) is 68.8 Å². The molecule has 0 radical (unpaired) electrons. The molecule has 12 nitrogen and oxygen atoms in total. The molecule has 2 rings (SSSR count). The van der Waals surface area contributed by atoms with Crippen LogP contribution in [-0.2, 0) is 47.4 Å². The summed E-state index contributed by atoms with van der Waals surface area (Å²) in [7, 11) is 6.69. The molecule has 346 valence electrons. The number of ether oxygens (including phenoxy) is 10. The Balaban J connectivity index is 1.61. The van der Waals surface area contributed by atoms with Gasteiger partial charge in [-0.1, -0.05) is 103 Å². The van der Waals surface area contributed by atoms with Gasteiger partial charge in [-0.05, 0) is 77.0 Å². The van der Waals surface area contributed by atoms with Crippen LogP contribution in [0.1, 0.15) is 180 Å². The van der Waals surface area contributed by atoms with Crippen molar-refractivity contribution in [1.82, 2.24) is 0 Å². The summed E-state index contributed by atoms with van der Waals surface area (Å²) in [6, 6.07) is 0. The maximum atomic E-state index is 9.15. The number of hydrogen-bond acceptors (Lipinski definition) is 12. The summed E-state index contributed by atoms with van der Waals surface area (Å²) in [6.45, 7) is 1.69. The first-order chi connectivity index (χ1) is 28.6. The molecule has 0 amide bonds. The van der Waals surface area contributed by atoms with Crippen molar-refractivity contribution >= 4 is 0 Å². The highest BCUT2D eigenvalue weighted by molar-refractivity contribution is 4.90. The maximum absolute atomic E-state index is 9.15. The van der Waals surface area contributed by atoms with E-state index in [2.05, 4.69) is 0 Å². The fraction of sp³-hybridized carbons (Fsp3) is 1.00. The van der Waals surface area contributed by atoms with Crippen molar-refractivity contribution in [2.24, 2.45) is 0 Å². The van der Waals surface area contributed by atoms with Crippen LogP contribution in [0.3, 0.4) is 0 Å². The highest BCUT2D eigenvalue weighted by Gasteiger charge is 2.41. The second-order valence-electron chi connectivity index (χ2n) is 16.7. The predicted molar refractivity (Wildman–Crippen MR) is 228 cm³/mol. The zero-order valence-electron chi connectivity index (χ0n) is 37.6. The zero-order valence-corrected chi connectivity index (χ0v) is 37.6. The Labute approximate surface area is 354 Å². The Morgan fingerprint density at radius 1 is 0.379 bits per heavy atom. The molecule has 2 aliphatic rings. The molecule has 2 fully saturated rings. The van der Waals surface area contributed by atoms with Gasteiger partial charge in [-0.15, -0.1) is 0 Å². The predicted octanol–water partition coefficient (Wildman–Crippen LogP) is 9.39. The van der Waals surface area contributed by atoms with Crippen LogP contribution in [0.15, 0.2) is 0 Å². The molecule has 12 heteroatoms. The minimum Gasteiger partial charge on any atom is -0.396 e. The second-order valence-corrected chi connectivity index (χ2v) is 16.7. The van der Waals surface area contributed by atoms with Gasteiger partial charge in [-0.3, -0.25) is 0 Å². The van der Waals surface area contributed by atoms with Crippen LogP contribution < -0.4 is 0 Å². The third kappa shape index (κ3) is 26.1. The average molecular weight is 835 g/mol. The molecule has 2 N–H and O–H groups in total. The quantitative estimate of drug-likeness (QED) is 0.0448. The van der Waals surface area contributed by atoms with Crippen LogP contribution in [0.25, 0.3) is 0 Å². The highest BCUT2D eigenvalue weighted by atomic mass is 16.7. The fourth-order valence-corrected chi connectivity index (χ4v) is 8.68. The van der Waals surface area contributed by atoms with E-state index in [1.54, 1.807) is 28.4 Å². The summed E-state index contributed by atoms with van der Waals surface area (Å²) in [4.78, 5) is 0. The van der Waals surface area contributed by atoms with E-state index in [4.69, 9.17) is 57.6 Å². The van der Waals surface area contributed by atoms with E-state index >= 15 is 0 Å². The minimum absolute atomic E-state index is 0.0504.